The van der Waals surface area contributed by atoms with E-state index in [4.69, 9.17) is 11.6 Å². The second-order valence-electron chi connectivity index (χ2n) is 4.02. The molecule has 102 valence electrons. The average Bonchev–Trinajstić information content (AvgIpc) is 2.36. The number of pyridine rings is 1. The number of aromatic nitrogens is 1. The van der Waals surface area contributed by atoms with Gasteiger partial charge in [-0.2, -0.15) is 0 Å². The fraction of sp³-hybridized carbons (Fsp3) is 0.308. The minimum absolute atomic E-state index is 0.298. The van der Waals surface area contributed by atoms with Gasteiger partial charge in [-0.1, -0.05) is 27.5 Å². The van der Waals surface area contributed by atoms with E-state index in [1.807, 2.05) is 6.07 Å². The second-order valence-corrected chi connectivity index (χ2v) is 5.25. The van der Waals surface area contributed by atoms with Crippen molar-refractivity contribution in [3.8, 4) is 0 Å². The molecule has 0 unspecified atom stereocenters. The van der Waals surface area contributed by atoms with Crippen molar-refractivity contribution in [1.29, 1.82) is 0 Å². The van der Waals surface area contributed by atoms with E-state index >= 15 is 0 Å². The summed E-state index contributed by atoms with van der Waals surface area (Å²) < 4.78 is 25.3. The van der Waals surface area contributed by atoms with Crippen molar-refractivity contribution >= 4 is 44.1 Å². The molecule has 0 fully saturated rings. The summed E-state index contributed by atoms with van der Waals surface area (Å²) in [5.74, 6) is 0. The predicted octanol–water partition coefficient (Wildman–Crippen LogP) is 4.35. The van der Waals surface area contributed by atoms with Gasteiger partial charge in [0.25, 0.3) is 6.43 Å². The van der Waals surface area contributed by atoms with E-state index in [9.17, 15) is 8.78 Å². The summed E-state index contributed by atoms with van der Waals surface area (Å²) in [6, 6.07) is 7.03. The fourth-order valence-corrected chi connectivity index (χ4v) is 2.56. The molecule has 0 atom stereocenters. The van der Waals surface area contributed by atoms with Crippen LogP contribution in [0.5, 0.6) is 0 Å². The Morgan fingerprint density at radius 2 is 2.11 bits per heavy atom. The molecule has 0 aliphatic carbocycles. The molecule has 19 heavy (non-hydrogen) atoms. The monoisotopic (exact) mass is 348 g/mol. The summed E-state index contributed by atoms with van der Waals surface area (Å²) in [5.41, 5.74) is 1.46. The van der Waals surface area contributed by atoms with Crippen molar-refractivity contribution in [1.82, 2.24) is 4.98 Å². The first-order valence-corrected chi connectivity index (χ1v) is 7.25. The van der Waals surface area contributed by atoms with E-state index in [-0.39, 0.29) is 6.54 Å². The topological polar surface area (TPSA) is 16.1 Å². The van der Waals surface area contributed by atoms with Gasteiger partial charge in [0, 0.05) is 34.2 Å². The zero-order valence-electron chi connectivity index (χ0n) is 9.99. The molecule has 0 saturated heterocycles. The molecule has 0 aliphatic heterocycles. The molecular weight excluding hydrogens is 338 g/mol. The van der Waals surface area contributed by atoms with Gasteiger partial charge in [-0.3, -0.25) is 4.98 Å². The third-order valence-electron chi connectivity index (χ3n) is 2.74. The molecule has 2 rings (SSSR count). The molecule has 2 aromatic rings. The van der Waals surface area contributed by atoms with Crippen LogP contribution in [0.3, 0.4) is 0 Å². The molecule has 0 spiro atoms. The van der Waals surface area contributed by atoms with Crippen molar-refractivity contribution in [2.45, 2.75) is 6.43 Å². The molecule has 1 aromatic carbocycles. The molecule has 0 radical (unpaired) electrons. The Bertz CT molecular complexity index is 565. The van der Waals surface area contributed by atoms with Gasteiger partial charge in [-0.15, -0.1) is 0 Å². The standard InChI is InChI=1S/C13H12BrClF2N2/c14-4-6-19(8-13(16)17)12-3-5-18-11-7-9(15)1-2-10(11)12/h1-3,5,7,13H,4,6,8H2. The van der Waals surface area contributed by atoms with E-state index in [1.165, 1.54) is 0 Å². The molecule has 2 nitrogen and oxygen atoms in total. The first-order valence-electron chi connectivity index (χ1n) is 5.75. The fourth-order valence-electron chi connectivity index (χ4n) is 1.96. The summed E-state index contributed by atoms with van der Waals surface area (Å²) >= 11 is 9.20. The number of alkyl halides is 3. The third kappa shape index (κ3) is 3.54. The SMILES string of the molecule is FC(F)CN(CCBr)c1ccnc2cc(Cl)ccc12. The first kappa shape index (κ1) is 14.5. The Morgan fingerprint density at radius 1 is 1.32 bits per heavy atom. The lowest BCUT2D eigenvalue weighted by Crippen LogP contribution is -2.30. The highest BCUT2D eigenvalue weighted by Crippen LogP contribution is 2.27. The molecule has 0 aliphatic rings. The molecule has 0 bridgehead atoms. The summed E-state index contributed by atoms with van der Waals surface area (Å²) in [7, 11) is 0. The van der Waals surface area contributed by atoms with Crippen molar-refractivity contribution in [3.63, 3.8) is 0 Å². The van der Waals surface area contributed by atoms with Crippen LogP contribution in [0.4, 0.5) is 14.5 Å². The van der Waals surface area contributed by atoms with Gasteiger partial charge in [-0.05, 0) is 24.3 Å². The summed E-state index contributed by atoms with van der Waals surface area (Å²) in [4.78, 5) is 5.86. The highest BCUT2D eigenvalue weighted by atomic mass is 79.9. The zero-order valence-corrected chi connectivity index (χ0v) is 12.3. The quantitative estimate of drug-likeness (QED) is 0.746. The predicted molar refractivity (Wildman–Crippen MR) is 78.8 cm³/mol. The molecule has 0 saturated carbocycles. The molecule has 6 heteroatoms. The Kier molecular flexibility index (Phi) is 4.93. The number of halogens is 4. The van der Waals surface area contributed by atoms with Crippen LogP contribution in [0.25, 0.3) is 10.9 Å². The number of hydrogen-bond acceptors (Lipinski definition) is 2. The van der Waals surface area contributed by atoms with Crippen LogP contribution in [0.2, 0.25) is 5.02 Å². The highest BCUT2D eigenvalue weighted by Gasteiger charge is 2.15. The minimum atomic E-state index is -2.38. The maximum absolute atomic E-state index is 12.7. The van der Waals surface area contributed by atoms with Crippen LogP contribution in [0, 0.1) is 0 Å². The van der Waals surface area contributed by atoms with E-state index in [0.717, 1.165) is 11.1 Å². The lowest BCUT2D eigenvalue weighted by atomic mass is 10.1. The van der Waals surface area contributed by atoms with Crippen molar-refractivity contribution < 1.29 is 8.78 Å². The van der Waals surface area contributed by atoms with Crippen LogP contribution in [0.1, 0.15) is 0 Å². The van der Waals surface area contributed by atoms with E-state index < -0.39 is 6.43 Å². The molecule has 0 amide bonds. The van der Waals surface area contributed by atoms with Gasteiger partial charge in [0.15, 0.2) is 0 Å². The van der Waals surface area contributed by atoms with Crippen LogP contribution in [0.15, 0.2) is 30.5 Å². The van der Waals surface area contributed by atoms with Crippen LogP contribution in [-0.2, 0) is 0 Å². The minimum Gasteiger partial charge on any atom is -0.364 e. The third-order valence-corrected chi connectivity index (χ3v) is 3.33. The van der Waals surface area contributed by atoms with Gasteiger partial charge < -0.3 is 4.90 Å². The normalized spacial score (nSPS) is 11.2. The number of fused-ring (bicyclic) bond motifs is 1. The number of rotatable bonds is 5. The lowest BCUT2D eigenvalue weighted by molar-refractivity contribution is 0.155. The maximum Gasteiger partial charge on any atom is 0.255 e. The van der Waals surface area contributed by atoms with Gasteiger partial charge in [0.2, 0.25) is 0 Å². The highest BCUT2D eigenvalue weighted by molar-refractivity contribution is 9.09. The maximum atomic E-state index is 12.7. The average molecular weight is 350 g/mol. The molecular formula is C13H12BrClF2N2. The number of hydrogen-bond donors (Lipinski definition) is 0. The first-order chi connectivity index (χ1) is 9.11. The summed E-state index contributed by atoms with van der Waals surface area (Å²) in [6.45, 7) is 0.208. The Morgan fingerprint density at radius 3 is 2.79 bits per heavy atom. The van der Waals surface area contributed by atoms with E-state index in [1.54, 1.807) is 29.3 Å². The Balaban J connectivity index is 2.46. The van der Waals surface area contributed by atoms with Gasteiger partial charge >= 0.3 is 0 Å². The molecule has 0 N–H and O–H groups in total. The van der Waals surface area contributed by atoms with Gasteiger partial charge in [0.05, 0.1) is 12.1 Å². The Labute approximate surface area is 123 Å². The van der Waals surface area contributed by atoms with Crippen molar-refractivity contribution in [3.05, 3.63) is 35.5 Å². The van der Waals surface area contributed by atoms with Crippen molar-refractivity contribution in [2.24, 2.45) is 0 Å². The Hall–Kier alpha value is -0.940. The number of benzene rings is 1. The lowest BCUT2D eigenvalue weighted by Gasteiger charge is -2.24. The largest absolute Gasteiger partial charge is 0.364 e. The van der Waals surface area contributed by atoms with Crippen LogP contribution in [-0.4, -0.2) is 29.8 Å². The number of anilines is 1. The number of nitrogens with zero attached hydrogens (tertiary/aromatic N) is 2. The summed E-state index contributed by atoms with van der Waals surface area (Å²) in [5, 5.41) is 2.03. The molecule has 1 heterocycles. The van der Waals surface area contributed by atoms with E-state index in [2.05, 4.69) is 20.9 Å². The van der Waals surface area contributed by atoms with Crippen LogP contribution >= 0.6 is 27.5 Å². The smallest absolute Gasteiger partial charge is 0.255 e. The second kappa shape index (κ2) is 6.48. The van der Waals surface area contributed by atoms with Gasteiger partial charge in [0.1, 0.15) is 0 Å². The van der Waals surface area contributed by atoms with E-state index in [0.29, 0.717) is 22.4 Å². The van der Waals surface area contributed by atoms with Gasteiger partial charge in [-0.25, -0.2) is 8.78 Å². The zero-order chi connectivity index (χ0) is 13.8. The molecule has 1 aromatic heterocycles. The van der Waals surface area contributed by atoms with Crippen LogP contribution < -0.4 is 4.90 Å². The van der Waals surface area contributed by atoms with Crippen molar-refractivity contribution in [2.75, 3.05) is 23.3 Å². The summed E-state index contributed by atoms with van der Waals surface area (Å²) in [6.07, 6.45) is -0.768.